The monoisotopic (exact) mass is 408 g/mol. The minimum absolute atomic E-state index is 0.0488. The van der Waals surface area contributed by atoms with E-state index >= 15 is 0 Å². The molecule has 0 unspecified atom stereocenters. The van der Waals surface area contributed by atoms with Gasteiger partial charge < -0.3 is 20.1 Å². The first-order chi connectivity index (χ1) is 14.4. The van der Waals surface area contributed by atoms with Crippen LogP contribution in [0.4, 0.5) is 4.79 Å². The molecule has 7 nitrogen and oxygen atoms in total. The van der Waals surface area contributed by atoms with Crippen LogP contribution in [0.25, 0.3) is 11.1 Å². The molecule has 156 valence electrons. The molecule has 2 aromatic rings. The van der Waals surface area contributed by atoms with E-state index in [4.69, 9.17) is 9.84 Å². The molecular formula is C23H24N2O5. The molecule has 2 amide bonds. The van der Waals surface area contributed by atoms with Crippen LogP contribution in [0.5, 0.6) is 0 Å². The van der Waals surface area contributed by atoms with E-state index in [0.717, 1.165) is 22.3 Å². The molecule has 30 heavy (non-hydrogen) atoms. The molecule has 7 heteroatoms. The number of amides is 2. The number of fused-ring (bicyclic) bond motifs is 3. The highest BCUT2D eigenvalue weighted by Gasteiger charge is 2.53. The van der Waals surface area contributed by atoms with Crippen molar-refractivity contribution >= 4 is 18.0 Å². The number of rotatable bonds is 7. The second-order valence-electron chi connectivity index (χ2n) is 7.90. The van der Waals surface area contributed by atoms with Gasteiger partial charge in [-0.3, -0.25) is 9.59 Å². The number of nitrogens with zero attached hydrogens (tertiary/aromatic N) is 1. The van der Waals surface area contributed by atoms with Gasteiger partial charge in [-0.2, -0.15) is 0 Å². The molecule has 0 saturated heterocycles. The third-order valence-corrected chi connectivity index (χ3v) is 5.85. The van der Waals surface area contributed by atoms with Crippen LogP contribution in [-0.4, -0.2) is 53.7 Å². The first-order valence-corrected chi connectivity index (χ1v) is 10.0. The summed E-state index contributed by atoms with van der Waals surface area (Å²) in [4.78, 5) is 37.2. The van der Waals surface area contributed by atoms with Crippen molar-refractivity contribution in [2.75, 3.05) is 20.2 Å². The first-order valence-electron chi connectivity index (χ1n) is 10.0. The van der Waals surface area contributed by atoms with E-state index in [1.54, 1.807) is 7.05 Å². The van der Waals surface area contributed by atoms with Crippen LogP contribution in [0.2, 0.25) is 0 Å². The lowest BCUT2D eigenvalue weighted by molar-refractivity contribution is -0.138. The quantitative estimate of drug-likeness (QED) is 0.734. The number of hydrogen-bond acceptors (Lipinski definition) is 4. The van der Waals surface area contributed by atoms with Crippen LogP contribution in [0, 0.1) is 0 Å². The molecule has 0 bridgehead atoms. The Labute approximate surface area is 174 Å². The lowest BCUT2D eigenvalue weighted by atomic mass is 9.98. The highest BCUT2D eigenvalue weighted by molar-refractivity contribution is 5.93. The van der Waals surface area contributed by atoms with Crippen LogP contribution in [-0.2, 0) is 14.3 Å². The number of nitrogens with one attached hydrogen (secondary N) is 1. The molecule has 0 aromatic heterocycles. The maximum absolute atomic E-state index is 12.6. The normalized spacial score (nSPS) is 15.6. The van der Waals surface area contributed by atoms with Gasteiger partial charge in [0.2, 0.25) is 5.91 Å². The molecular weight excluding hydrogens is 384 g/mol. The Hall–Kier alpha value is -3.35. The zero-order valence-corrected chi connectivity index (χ0v) is 16.8. The van der Waals surface area contributed by atoms with Crippen molar-refractivity contribution in [3.63, 3.8) is 0 Å². The van der Waals surface area contributed by atoms with Crippen LogP contribution in [0.1, 0.15) is 36.3 Å². The minimum atomic E-state index is -0.976. The summed E-state index contributed by atoms with van der Waals surface area (Å²) in [7, 11) is 1.55. The lowest BCUT2D eigenvalue weighted by Gasteiger charge is -2.24. The number of carbonyl (C=O) groups is 3. The fourth-order valence-electron chi connectivity index (χ4n) is 4.08. The van der Waals surface area contributed by atoms with Gasteiger partial charge in [-0.15, -0.1) is 0 Å². The van der Waals surface area contributed by atoms with Gasteiger partial charge in [-0.05, 0) is 35.1 Å². The Bertz CT molecular complexity index is 953. The third kappa shape index (κ3) is 3.75. The summed E-state index contributed by atoms with van der Waals surface area (Å²) < 4.78 is 5.53. The maximum atomic E-state index is 12.6. The van der Waals surface area contributed by atoms with E-state index in [1.165, 1.54) is 4.90 Å². The van der Waals surface area contributed by atoms with Gasteiger partial charge >= 0.3 is 12.1 Å². The van der Waals surface area contributed by atoms with Gasteiger partial charge in [0.1, 0.15) is 12.1 Å². The molecule has 0 radical (unpaired) electrons. The lowest BCUT2D eigenvalue weighted by Crippen LogP contribution is -2.50. The fourth-order valence-corrected chi connectivity index (χ4v) is 4.08. The second-order valence-corrected chi connectivity index (χ2v) is 7.90. The standard InChI is InChI=1S/C23H24N2O5/c1-25(13-10-20(26)27)21(28)23(11-12-23)24-22(29)30-14-19-17-8-4-2-6-15(17)16-7-3-5-9-18(16)19/h2-9,19H,10-14H2,1H3,(H,24,29)(H,26,27). The van der Waals surface area contributed by atoms with Crippen LogP contribution >= 0.6 is 0 Å². The zero-order valence-electron chi connectivity index (χ0n) is 16.8. The smallest absolute Gasteiger partial charge is 0.408 e. The van der Waals surface area contributed by atoms with Crippen molar-refractivity contribution < 1.29 is 24.2 Å². The number of hydrogen-bond donors (Lipinski definition) is 2. The Balaban J connectivity index is 1.39. The number of carboxylic acid groups (broad SMARTS) is 1. The molecule has 0 atom stereocenters. The number of alkyl carbamates (subject to hydrolysis) is 1. The Morgan fingerprint density at radius 2 is 1.63 bits per heavy atom. The number of aliphatic carboxylic acids is 1. The zero-order chi connectivity index (χ0) is 21.3. The molecule has 4 rings (SSSR count). The number of benzene rings is 2. The van der Waals surface area contributed by atoms with Crippen molar-refractivity contribution in [2.45, 2.75) is 30.7 Å². The number of likely N-dealkylation sites (N-methyl/N-ethyl adjacent to an activating group) is 1. The molecule has 1 saturated carbocycles. The van der Waals surface area contributed by atoms with E-state index in [2.05, 4.69) is 17.4 Å². The molecule has 2 aromatic carbocycles. The van der Waals surface area contributed by atoms with Crippen LogP contribution in [0.3, 0.4) is 0 Å². The summed E-state index contributed by atoms with van der Waals surface area (Å²) in [6.45, 7) is 0.279. The molecule has 2 N–H and O–H groups in total. The van der Waals surface area contributed by atoms with Crippen molar-refractivity contribution in [1.29, 1.82) is 0 Å². The Morgan fingerprint density at radius 3 is 2.17 bits per heavy atom. The summed E-state index contributed by atoms with van der Waals surface area (Å²) in [6.07, 6.45) is 0.277. The van der Waals surface area contributed by atoms with E-state index in [0.29, 0.717) is 12.8 Å². The van der Waals surface area contributed by atoms with Gasteiger partial charge in [0, 0.05) is 19.5 Å². The van der Waals surface area contributed by atoms with Crippen molar-refractivity contribution in [3.05, 3.63) is 59.7 Å². The third-order valence-electron chi connectivity index (χ3n) is 5.85. The van der Waals surface area contributed by atoms with Gasteiger partial charge in [0.25, 0.3) is 0 Å². The van der Waals surface area contributed by atoms with E-state index < -0.39 is 17.6 Å². The fraction of sp³-hybridized carbons (Fsp3) is 0.348. The SMILES string of the molecule is CN(CCC(=O)O)C(=O)C1(NC(=O)OCC2c3ccccc3-c3ccccc32)CC1. The van der Waals surface area contributed by atoms with Crippen molar-refractivity contribution in [3.8, 4) is 11.1 Å². The molecule has 0 aliphatic heterocycles. The maximum Gasteiger partial charge on any atom is 0.408 e. The Morgan fingerprint density at radius 1 is 1.07 bits per heavy atom. The van der Waals surface area contributed by atoms with Gasteiger partial charge in [-0.25, -0.2) is 4.79 Å². The predicted octanol–water partition coefficient (Wildman–Crippen LogP) is 2.99. The number of ether oxygens (including phenoxy) is 1. The largest absolute Gasteiger partial charge is 0.481 e. The molecule has 0 heterocycles. The highest BCUT2D eigenvalue weighted by Crippen LogP contribution is 2.44. The van der Waals surface area contributed by atoms with E-state index in [9.17, 15) is 14.4 Å². The van der Waals surface area contributed by atoms with Crippen LogP contribution in [0.15, 0.2) is 48.5 Å². The average molecular weight is 408 g/mol. The topological polar surface area (TPSA) is 95.9 Å². The molecule has 2 aliphatic rings. The molecule has 0 spiro atoms. The predicted molar refractivity (Wildman–Crippen MR) is 110 cm³/mol. The van der Waals surface area contributed by atoms with Crippen molar-refractivity contribution in [1.82, 2.24) is 10.2 Å². The molecule has 1 fully saturated rings. The van der Waals surface area contributed by atoms with E-state index in [-0.39, 0.29) is 31.4 Å². The highest BCUT2D eigenvalue weighted by atomic mass is 16.5. The second kappa shape index (κ2) is 7.82. The van der Waals surface area contributed by atoms with E-state index in [1.807, 2.05) is 36.4 Å². The molecule has 2 aliphatic carbocycles. The first kappa shape index (κ1) is 19.9. The van der Waals surface area contributed by atoms with Gasteiger partial charge in [-0.1, -0.05) is 48.5 Å². The number of carbonyl (C=O) groups excluding carboxylic acids is 2. The summed E-state index contributed by atoms with van der Waals surface area (Å²) >= 11 is 0. The summed E-state index contributed by atoms with van der Waals surface area (Å²) in [5, 5.41) is 11.5. The number of carboxylic acids is 1. The minimum Gasteiger partial charge on any atom is -0.481 e. The van der Waals surface area contributed by atoms with Gasteiger partial charge in [0.05, 0.1) is 6.42 Å². The summed E-state index contributed by atoms with van der Waals surface area (Å²) in [6, 6.07) is 16.2. The average Bonchev–Trinajstić information content (AvgIpc) is 3.45. The van der Waals surface area contributed by atoms with Gasteiger partial charge in [0.15, 0.2) is 0 Å². The summed E-state index contributed by atoms with van der Waals surface area (Å²) in [5.74, 6) is -1.30. The summed E-state index contributed by atoms with van der Waals surface area (Å²) in [5.41, 5.74) is 3.57. The Kier molecular flexibility index (Phi) is 5.20. The van der Waals surface area contributed by atoms with Crippen LogP contribution < -0.4 is 5.32 Å². The van der Waals surface area contributed by atoms with Crippen molar-refractivity contribution in [2.24, 2.45) is 0 Å².